The summed E-state index contributed by atoms with van der Waals surface area (Å²) in [7, 11) is 0. The minimum absolute atomic E-state index is 0.0851. The van der Waals surface area contributed by atoms with Crippen molar-refractivity contribution in [3.63, 3.8) is 0 Å². The van der Waals surface area contributed by atoms with Gasteiger partial charge in [-0.3, -0.25) is 14.5 Å². The highest BCUT2D eigenvalue weighted by molar-refractivity contribution is 9.10. The van der Waals surface area contributed by atoms with E-state index in [2.05, 4.69) is 37.5 Å². The van der Waals surface area contributed by atoms with Gasteiger partial charge < -0.3 is 11.1 Å². The number of nitrogens with one attached hydrogen (secondary N) is 1. The second-order valence-corrected chi connectivity index (χ2v) is 11.6. The summed E-state index contributed by atoms with van der Waals surface area (Å²) in [6, 6.07) is 15.5. The normalized spacial score (nSPS) is 17.3. The van der Waals surface area contributed by atoms with Crippen molar-refractivity contribution in [2.24, 2.45) is 5.73 Å². The lowest BCUT2D eigenvalue weighted by molar-refractivity contribution is -0.116. The van der Waals surface area contributed by atoms with Gasteiger partial charge in [-0.1, -0.05) is 63.3 Å². The minimum Gasteiger partial charge on any atom is -0.384 e. The zero-order valence-electron chi connectivity index (χ0n) is 19.8. The summed E-state index contributed by atoms with van der Waals surface area (Å²) in [6.45, 7) is 0. The van der Waals surface area contributed by atoms with Crippen LogP contribution in [0, 0.1) is 17.1 Å². The number of ketones is 1. The Kier molecular flexibility index (Phi) is 7.60. The minimum atomic E-state index is -0.885. The zero-order valence-corrected chi connectivity index (χ0v) is 23.0. The monoisotopic (exact) mass is 610 g/mol. The van der Waals surface area contributed by atoms with Crippen molar-refractivity contribution in [2.45, 2.75) is 29.5 Å². The number of anilines is 2. The molecule has 0 saturated heterocycles. The summed E-state index contributed by atoms with van der Waals surface area (Å²) in [5.74, 6) is -1.54. The van der Waals surface area contributed by atoms with E-state index in [0.29, 0.717) is 45.7 Å². The van der Waals surface area contributed by atoms with Gasteiger partial charge in [-0.15, -0.1) is 10.2 Å². The molecule has 0 radical (unpaired) electrons. The summed E-state index contributed by atoms with van der Waals surface area (Å²) in [4.78, 5) is 27.2. The molecule has 2 aliphatic rings. The lowest BCUT2D eigenvalue weighted by atomic mass is 9.75. The number of carbonyl (C=O) groups is 2. The van der Waals surface area contributed by atoms with Crippen LogP contribution in [0.25, 0.3) is 0 Å². The fraction of sp³-hybridized carbons (Fsp3) is 0.192. The van der Waals surface area contributed by atoms with E-state index >= 15 is 0 Å². The van der Waals surface area contributed by atoms with Gasteiger partial charge in [0.05, 0.1) is 23.3 Å². The Labute approximate surface area is 234 Å². The Bertz CT molecular complexity index is 1550. The van der Waals surface area contributed by atoms with Crippen LogP contribution in [0.1, 0.15) is 30.7 Å². The van der Waals surface area contributed by atoms with Crippen molar-refractivity contribution in [1.82, 2.24) is 10.2 Å². The number of hydrogen-bond acceptors (Lipinski definition) is 9. The molecule has 1 amide bonds. The first-order chi connectivity index (χ1) is 18.4. The number of nitrogens with two attached hydrogens (primary N) is 1. The molecule has 5 rings (SSSR count). The van der Waals surface area contributed by atoms with Crippen molar-refractivity contribution in [2.75, 3.05) is 16.0 Å². The largest absolute Gasteiger partial charge is 0.384 e. The molecule has 3 N–H and O–H groups in total. The number of rotatable bonds is 6. The number of carbonyl (C=O) groups excluding carboxylic acids is 2. The summed E-state index contributed by atoms with van der Waals surface area (Å²) in [6.07, 6.45) is 1.42. The van der Waals surface area contributed by atoms with E-state index in [-0.39, 0.29) is 34.4 Å². The predicted octanol–water partition coefficient (Wildman–Crippen LogP) is 5.48. The lowest BCUT2D eigenvalue weighted by Gasteiger charge is -2.38. The van der Waals surface area contributed by atoms with Gasteiger partial charge in [0, 0.05) is 33.4 Å². The number of halogens is 2. The molecule has 0 fully saturated rings. The second-order valence-electron chi connectivity index (χ2n) is 8.54. The summed E-state index contributed by atoms with van der Waals surface area (Å²) < 4.78 is 16.2. The van der Waals surface area contributed by atoms with Crippen LogP contribution in [-0.2, 0) is 9.59 Å². The number of amides is 1. The molecule has 2 heterocycles. The van der Waals surface area contributed by atoms with Crippen LogP contribution in [-0.4, -0.2) is 27.6 Å². The van der Waals surface area contributed by atoms with Crippen molar-refractivity contribution >= 4 is 61.5 Å². The van der Waals surface area contributed by atoms with Crippen molar-refractivity contribution < 1.29 is 14.0 Å². The van der Waals surface area contributed by atoms with E-state index in [0.717, 1.165) is 4.47 Å². The molecule has 12 heteroatoms. The van der Waals surface area contributed by atoms with Gasteiger partial charge in [-0.25, -0.2) is 4.39 Å². The molecule has 1 atom stereocenters. The average molecular weight is 612 g/mol. The molecule has 1 aliphatic heterocycles. The highest BCUT2D eigenvalue weighted by Gasteiger charge is 2.42. The quantitative estimate of drug-likeness (QED) is 0.352. The van der Waals surface area contributed by atoms with Crippen LogP contribution in [0.5, 0.6) is 0 Å². The fourth-order valence-corrected chi connectivity index (χ4v) is 6.65. The molecule has 0 saturated carbocycles. The van der Waals surface area contributed by atoms with Gasteiger partial charge in [0.1, 0.15) is 11.6 Å². The van der Waals surface area contributed by atoms with E-state index in [4.69, 9.17) is 5.73 Å². The van der Waals surface area contributed by atoms with E-state index in [9.17, 15) is 19.2 Å². The van der Waals surface area contributed by atoms with Crippen LogP contribution in [0.3, 0.4) is 0 Å². The number of nitriles is 1. The third-order valence-corrected chi connectivity index (χ3v) is 8.69. The van der Waals surface area contributed by atoms with E-state index < -0.39 is 11.7 Å². The number of benzene rings is 2. The second kappa shape index (κ2) is 11.1. The topological polar surface area (TPSA) is 125 Å². The van der Waals surface area contributed by atoms with E-state index in [1.807, 2.05) is 12.1 Å². The fourth-order valence-electron chi connectivity index (χ4n) is 4.57. The highest BCUT2D eigenvalue weighted by Crippen LogP contribution is 2.47. The molecular formula is C26H20BrFN6O2S2. The Balaban J connectivity index is 1.43. The van der Waals surface area contributed by atoms with Crippen LogP contribution in [0.2, 0.25) is 0 Å². The maximum absolute atomic E-state index is 14.8. The zero-order chi connectivity index (χ0) is 26.8. The lowest BCUT2D eigenvalue weighted by Crippen LogP contribution is -2.38. The third-order valence-electron chi connectivity index (χ3n) is 6.15. The highest BCUT2D eigenvalue weighted by atomic mass is 79.9. The molecule has 2 aromatic carbocycles. The Morgan fingerprint density at radius 1 is 1.26 bits per heavy atom. The van der Waals surface area contributed by atoms with Crippen LogP contribution in [0.4, 0.5) is 15.2 Å². The van der Waals surface area contributed by atoms with Crippen molar-refractivity contribution in [3.05, 3.63) is 87.0 Å². The number of thioether (sulfide) groups is 1. The molecule has 8 nitrogen and oxygen atoms in total. The van der Waals surface area contributed by atoms with E-state index in [1.54, 1.807) is 35.2 Å². The standard InChI is InChI=1S/C26H20BrFN6O2S2/c27-14-5-3-6-15(11-14)31-21(36)13-37-26-33-32-25(38-26)34-19-9-4-10-20(35)23(19)22(17(12-29)24(34)30)16-7-1-2-8-18(16)28/h1-3,5-8,11,22H,4,9-10,13,30H2,(H,31,36). The SMILES string of the molecule is N#CC1=C(N)N(c2nnc(SCC(=O)Nc3cccc(Br)c3)s2)C2=C(C(=O)CCC2)C1c1ccccc1F. The first-order valence-corrected chi connectivity index (χ1v) is 14.2. The van der Waals surface area contributed by atoms with E-state index in [1.165, 1.54) is 29.2 Å². The third kappa shape index (κ3) is 5.09. The van der Waals surface area contributed by atoms with Crippen molar-refractivity contribution in [1.29, 1.82) is 5.26 Å². The summed E-state index contributed by atoms with van der Waals surface area (Å²) >= 11 is 5.79. The number of aromatic nitrogens is 2. The van der Waals surface area contributed by atoms with Crippen LogP contribution < -0.4 is 16.0 Å². The first-order valence-electron chi connectivity index (χ1n) is 11.6. The molecule has 0 spiro atoms. The van der Waals surface area contributed by atoms with Crippen LogP contribution >= 0.6 is 39.0 Å². The van der Waals surface area contributed by atoms with Crippen molar-refractivity contribution in [3.8, 4) is 6.07 Å². The molecule has 38 heavy (non-hydrogen) atoms. The van der Waals surface area contributed by atoms with Gasteiger partial charge in [0.2, 0.25) is 11.0 Å². The smallest absolute Gasteiger partial charge is 0.234 e. The number of allylic oxidation sites excluding steroid dienone is 3. The molecule has 192 valence electrons. The molecule has 1 aliphatic carbocycles. The Morgan fingerprint density at radius 3 is 2.84 bits per heavy atom. The Hall–Kier alpha value is -3.53. The van der Waals surface area contributed by atoms with Crippen LogP contribution in [0.15, 0.2) is 80.0 Å². The van der Waals surface area contributed by atoms with Gasteiger partial charge in [-0.05, 0) is 37.1 Å². The van der Waals surface area contributed by atoms with Gasteiger partial charge in [0.25, 0.3) is 0 Å². The number of nitrogens with zero attached hydrogens (tertiary/aromatic N) is 4. The summed E-state index contributed by atoms with van der Waals surface area (Å²) in [5, 5.41) is 21.7. The predicted molar refractivity (Wildman–Crippen MR) is 148 cm³/mol. The first kappa shape index (κ1) is 26.1. The maximum Gasteiger partial charge on any atom is 0.234 e. The average Bonchev–Trinajstić information content (AvgIpc) is 3.36. The van der Waals surface area contributed by atoms with Gasteiger partial charge in [-0.2, -0.15) is 5.26 Å². The number of hydrogen-bond donors (Lipinski definition) is 2. The maximum atomic E-state index is 14.8. The molecule has 0 bridgehead atoms. The molecular weight excluding hydrogens is 591 g/mol. The Morgan fingerprint density at radius 2 is 2.08 bits per heavy atom. The van der Waals surface area contributed by atoms with Gasteiger partial charge in [0.15, 0.2) is 10.1 Å². The molecule has 1 aromatic heterocycles. The number of Topliss-reactive ketones (excluding diaryl/α,β-unsaturated/α-hetero) is 1. The van der Waals surface area contributed by atoms with Gasteiger partial charge >= 0.3 is 0 Å². The molecule has 1 unspecified atom stereocenters. The molecule has 3 aromatic rings. The summed E-state index contributed by atoms with van der Waals surface area (Å²) in [5.41, 5.74) is 8.46.